The zero-order chi connectivity index (χ0) is 11.3. The molecule has 0 radical (unpaired) electrons. The minimum absolute atomic E-state index is 0.146. The van der Waals surface area contributed by atoms with Crippen molar-refractivity contribution in [1.82, 2.24) is 14.9 Å². The minimum atomic E-state index is 0.146. The summed E-state index contributed by atoms with van der Waals surface area (Å²) in [4.78, 5) is 10.5. The number of hydrogen-bond acceptors (Lipinski definition) is 4. The Labute approximate surface area is 94.9 Å². The molecular formula is C10H16ClN3O. The number of aromatic nitrogens is 2. The lowest BCUT2D eigenvalue weighted by Crippen LogP contribution is -2.27. The lowest BCUT2D eigenvalue weighted by atomic mass is 10.4. The molecular weight excluding hydrogens is 214 g/mol. The zero-order valence-corrected chi connectivity index (χ0v) is 9.83. The third-order valence-electron chi connectivity index (χ3n) is 2.10. The minimum Gasteiger partial charge on any atom is -0.395 e. The number of halogens is 1. The van der Waals surface area contributed by atoms with Gasteiger partial charge in [-0.15, -0.1) is 0 Å². The van der Waals surface area contributed by atoms with Gasteiger partial charge in [0.25, 0.3) is 0 Å². The summed E-state index contributed by atoms with van der Waals surface area (Å²) in [5, 5.41) is 9.32. The van der Waals surface area contributed by atoms with E-state index in [4.69, 9.17) is 16.7 Å². The average Bonchev–Trinajstić information content (AvgIpc) is 2.15. The van der Waals surface area contributed by atoms with Gasteiger partial charge in [-0.2, -0.15) is 0 Å². The van der Waals surface area contributed by atoms with Gasteiger partial charge in [-0.1, -0.05) is 18.5 Å². The van der Waals surface area contributed by atoms with Crippen LogP contribution in [0, 0.1) is 6.92 Å². The van der Waals surface area contributed by atoms with Crippen LogP contribution in [-0.2, 0) is 6.54 Å². The van der Waals surface area contributed by atoms with Gasteiger partial charge in [0.05, 0.1) is 13.2 Å². The van der Waals surface area contributed by atoms with Gasteiger partial charge in [-0.25, -0.2) is 9.97 Å². The van der Waals surface area contributed by atoms with Crippen LogP contribution in [0.5, 0.6) is 0 Å². The van der Waals surface area contributed by atoms with Gasteiger partial charge in [0.2, 0.25) is 0 Å². The molecule has 1 aromatic rings. The fourth-order valence-corrected chi connectivity index (χ4v) is 1.61. The van der Waals surface area contributed by atoms with Crippen LogP contribution >= 0.6 is 11.6 Å². The Morgan fingerprint density at radius 3 is 2.73 bits per heavy atom. The Hall–Kier alpha value is -0.710. The highest BCUT2D eigenvalue weighted by molar-refractivity contribution is 6.29. The van der Waals surface area contributed by atoms with Crippen LogP contribution in [-0.4, -0.2) is 39.7 Å². The molecule has 1 rings (SSSR count). The van der Waals surface area contributed by atoms with Crippen LogP contribution in [0.1, 0.15) is 18.4 Å². The van der Waals surface area contributed by atoms with E-state index in [0.29, 0.717) is 24.1 Å². The van der Waals surface area contributed by atoms with Gasteiger partial charge in [0.15, 0.2) is 0 Å². The predicted octanol–water partition coefficient (Wildman–Crippen LogP) is 1.25. The van der Waals surface area contributed by atoms with Crippen molar-refractivity contribution >= 4 is 11.6 Å². The van der Waals surface area contributed by atoms with Crippen LogP contribution in [0.3, 0.4) is 0 Å². The Balaban J connectivity index is 2.69. The molecule has 0 spiro atoms. The first-order valence-electron chi connectivity index (χ1n) is 4.99. The zero-order valence-electron chi connectivity index (χ0n) is 9.07. The number of aliphatic hydroxyl groups is 1. The second kappa shape index (κ2) is 6.00. The molecule has 1 heterocycles. The van der Waals surface area contributed by atoms with Crippen molar-refractivity contribution in [3.63, 3.8) is 0 Å². The Morgan fingerprint density at radius 2 is 2.20 bits per heavy atom. The Morgan fingerprint density at radius 1 is 1.47 bits per heavy atom. The summed E-state index contributed by atoms with van der Waals surface area (Å²) in [6.45, 7) is 6.18. The maximum absolute atomic E-state index is 8.85. The number of hydrogen-bond donors (Lipinski definition) is 1. The van der Waals surface area contributed by atoms with Crippen LogP contribution in [0.4, 0.5) is 0 Å². The topological polar surface area (TPSA) is 49.2 Å². The van der Waals surface area contributed by atoms with Crippen molar-refractivity contribution in [3.8, 4) is 0 Å². The molecule has 0 aromatic carbocycles. The van der Waals surface area contributed by atoms with Crippen LogP contribution in [0.15, 0.2) is 6.07 Å². The highest BCUT2D eigenvalue weighted by Gasteiger charge is 2.06. The molecule has 15 heavy (non-hydrogen) atoms. The Kier molecular flexibility index (Phi) is 4.94. The molecule has 0 bridgehead atoms. The molecule has 0 fully saturated rings. The highest BCUT2D eigenvalue weighted by atomic mass is 35.5. The van der Waals surface area contributed by atoms with Crippen molar-refractivity contribution < 1.29 is 5.11 Å². The molecule has 0 unspecified atom stereocenters. The number of likely N-dealkylation sites (N-methyl/N-ethyl adjacent to an activating group) is 1. The van der Waals surface area contributed by atoms with Crippen molar-refractivity contribution in [2.24, 2.45) is 0 Å². The first kappa shape index (κ1) is 12.4. The molecule has 0 aliphatic rings. The Bertz CT molecular complexity index is 299. The fraction of sp³-hybridized carbons (Fsp3) is 0.600. The first-order valence-corrected chi connectivity index (χ1v) is 5.36. The van der Waals surface area contributed by atoms with Gasteiger partial charge in [-0.05, 0) is 19.5 Å². The van der Waals surface area contributed by atoms with Gasteiger partial charge in [-0.3, -0.25) is 4.90 Å². The molecule has 84 valence electrons. The SMILES string of the molecule is CCN(CCO)Cc1nc(C)cc(Cl)n1. The van der Waals surface area contributed by atoms with Gasteiger partial charge in [0.1, 0.15) is 11.0 Å². The number of nitrogens with zero attached hydrogens (tertiary/aromatic N) is 3. The van der Waals surface area contributed by atoms with E-state index in [-0.39, 0.29) is 6.61 Å². The summed E-state index contributed by atoms with van der Waals surface area (Å²) < 4.78 is 0. The van der Waals surface area contributed by atoms with Gasteiger partial charge < -0.3 is 5.11 Å². The molecule has 1 N–H and O–H groups in total. The molecule has 0 saturated heterocycles. The smallest absolute Gasteiger partial charge is 0.144 e. The normalized spacial score (nSPS) is 11.0. The summed E-state index contributed by atoms with van der Waals surface area (Å²) in [6, 6.07) is 1.73. The maximum Gasteiger partial charge on any atom is 0.144 e. The summed E-state index contributed by atoms with van der Waals surface area (Å²) in [6.07, 6.45) is 0. The van der Waals surface area contributed by atoms with Gasteiger partial charge >= 0.3 is 0 Å². The van der Waals surface area contributed by atoms with E-state index >= 15 is 0 Å². The third-order valence-corrected chi connectivity index (χ3v) is 2.29. The maximum atomic E-state index is 8.85. The molecule has 5 heteroatoms. The van der Waals surface area contributed by atoms with Crippen molar-refractivity contribution in [1.29, 1.82) is 0 Å². The second-order valence-corrected chi connectivity index (χ2v) is 3.73. The van der Waals surface area contributed by atoms with Crippen LogP contribution in [0.25, 0.3) is 0 Å². The fourth-order valence-electron chi connectivity index (χ4n) is 1.35. The quantitative estimate of drug-likeness (QED) is 0.773. The van der Waals surface area contributed by atoms with E-state index in [9.17, 15) is 0 Å². The van der Waals surface area contributed by atoms with E-state index in [0.717, 1.165) is 12.2 Å². The number of aliphatic hydroxyl groups excluding tert-OH is 1. The second-order valence-electron chi connectivity index (χ2n) is 3.34. The van der Waals surface area contributed by atoms with Crippen molar-refractivity contribution in [2.75, 3.05) is 19.7 Å². The van der Waals surface area contributed by atoms with Gasteiger partial charge in [0, 0.05) is 12.2 Å². The standard InChI is InChI=1S/C10H16ClN3O/c1-3-14(4-5-15)7-10-12-8(2)6-9(11)13-10/h6,15H,3-5,7H2,1-2H3. The number of aryl methyl sites for hydroxylation is 1. The molecule has 0 aliphatic carbocycles. The average molecular weight is 230 g/mol. The molecule has 0 atom stereocenters. The molecule has 0 aliphatic heterocycles. The monoisotopic (exact) mass is 229 g/mol. The molecule has 0 amide bonds. The highest BCUT2D eigenvalue weighted by Crippen LogP contribution is 2.08. The summed E-state index contributed by atoms with van der Waals surface area (Å²) in [5.74, 6) is 0.704. The first-order chi connectivity index (χ1) is 7.15. The third kappa shape index (κ3) is 4.11. The van der Waals surface area contributed by atoms with E-state index in [2.05, 4.69) is 14.9 Å². The van der Waals surface area contributed by atoms with Crippen LogP contribution in [0.2, 0.25) is 5.15 Å². The van der Waals surface area contributed by atoms with E-state index < -0.39 is 0 Å². The summed E-state index contributed by atoms with van der Waals surface area (Å²) in [7, 11) is 0. The summed E-state index contributed by atoms with van der Waals surface area (Å²) in [5.41, 5.74) is 0.866. The summed E-state index contributed by atoms with van der Waals surface area (Å²) >= 11 is 5.83. The predicted molar refractivity (Wildman–Crippen MR) is 59.8 cm³/mol. The lowest BCUT2D eigenvalue weighted by molar-refractivity contribution is 0.194. The van der Waals surface area contributed by atoms with E-state index in [1.54, 1.807) is 6.07 Å². The lowest BCUT2D eigenvalue weighted by Gasteiger charge is -2.17. The van der Waals surface area contributed by atoms with Crippen LogP contribution < -0.4 is 0 Å². The molecule has 1 aromatic heterocycles. The number of rotatable bonds is 5. The van der Waals surface area contributed by atoms with E-state index in [1.165, 1.54) is 0 Å². The molecule has 4 nitrogen and oxygen atoms in total. The van der Waals surface area contributed by atoms with E-state index in [1.807, 2.05) is 13.8 Å². The molecule has 0 saturated carbocycles. The largest absolute Gasteiger partial charge is 0.395 e. The van der Waals surface area contributed by atoms with Crippen molar-refractivity contribution in [3.05, 3.63) is 22.7 Å². The van der Waals surface area contributed by atoms with Crippen molar-refractivity contribution in [2.45, 2.75) is 20.4 Å².